The third-order valence-corrected chi connectivity index (χ3v) is 3.64. The first kappa shape index (κ1) is 11.9. The van der Waals surface area contributed by atoms with Gasteiger partial charge in [-0.15, -0.1) is 0 Å². The van der Waals surface area contributed by atoms with Gasteiger partial charge in [0.05, 0.1) is 13.5 Å². The maximum Gasteiger partial charge on any atom is 0.304 e. The molecule has 1 aromatic rings. The highest BCUT2D eigenvalue weighted by Crippen LogP contribution is 2.42. The van der Waals surface area contributed by atoms with Crippen molar-refractivity contribution in [2.24, 2.45) is 5.73 Å². The van der Waals surface area contributed by atoms with Gasteiger partial charge in [-0.25, -0.2) is 0 Å². The fourth-order valence-electron chi connectivity index (χ4n) is 2.66. The average Bonchev–Trinajstić information content (AvgIpc) is 2.67. The number of benzene rings is 1. The van der Waals surface area contributed by atoms with Gasteiger partial charge < -0.3 is 15.6 Å². The summed E-state index contributed by atoms with van der Waals surface area (Å²) in [7, 11) is 1.61. The predicted molar refractivity (Wildman–Crippen MR) is 64.3 cm³/mol. The Morgan fingerprint density at radius 2 is 2.35 bits per heavy atom. The molecule has 1 aliphatic carbocycles. The van der Waals surface area contributed by atoms with Crippen molar-refractivity contribution in [1.29, 1.82) is 0 Å². The molecule has 2 rings (SSSR count). The summed E-state index contributed by atoms with van der Waals surface area (Å²) in [5.74, 6) is -0.0417. The summed E-state index contributed by atoms with van der Waals surface area (Å²) in [6.07, 6.45) is 1.78. The quantitative estimate of drug-likeness (QED) is 0.825. The molecule has 3 N–H and O–H groups in total. The van der Waals surface area contributed by atoms with Crippen molar-refractivity contribution in [2.75, 3.05) is 13.7 Å². The van der Waals surface area contributed by atoms with Crippen LogP contribution in [0.5, 0.6) is 5.75 Å². The molecular formula is C13H17NO3. The third-order valence-electron chi connectivity index (χ3n) is 3.64. The van der Waals surface area contributed by atoms with E-state index in [1.54, 1.807) is 7.11 Å². The monoisotopic (exact) mass is 235 g/mol. The molecule has 0 saturated carbocycles. The van der Waals surface area contributed by atoms with E-state index in [-0.39, 0.29) is 6.42 Å². The van der Waals surface area contributed by atoms with E-state index in [1.165, 1.54) is 5.56 Å². The van der Waals surface area contributed by atoms with Gasteiger partial charge in [-0.3, -0.25) is 4.79 Å². The predicted octanol–water partition coefficient (Wildman–Crippen LogP) is 1.31. The highest BCUT2D eigenvalue weighted by Gasteiger charge is 2.39. The van der Waals surface area contributed by atoms with E-state index in [0.717, 1.165) is 24.2 Å². The van der Waals surface area contributed by atoms with E-state index in [2.05, 4.69) is 0 Å². The first-order valence-corrected chi connectivity index (χ1v) is 5.70. The second kappa shape index (κ2) is 4.37. The van der Waals surface area contributed by atoms with Gasteiger partial charge in [-0.1, -0.05) is 6.07 Å². The smallest absolute Gasteiger partial charge is 0.304 e. The Kier molecular flexibility index (Phi) is 3.07. The number of hydrogen-bond acceptors (Lipinski definition) is 3. The van der Waals surface area contributed by atoms with Crippen LogP contribution in [0.2, 0.25) is 0 Å². The number of hydrogen-bond donors (Lipinski definition) is 2. The summed E-state index contributed by atoms with van der Waals surface area (Å²) in [5.41, 5.74) is 7.63. The maximum absolute atomic E-state index is 11.0. The van der Waals surface area contributed by atoms with Crippen LogP contribution >= 0.6 is 0 Å². The van der Waals surface area contributed by atoms with Crippen molar-refractivity contribution >= 4 is 5.97 Å². The molecule has 1 atom stereocenters. The SMILES string of the molecule is COc1ccc2c(c1)C(CN)(CC(=O)O)CC2. The van der Waals surface area contributed by atoms with Crippen LogP contribution in [0.25, 0.3) is 0 Å². The highest BCUT2D eigenvalue weighted by atomic mass is 16.5. The van der Waals surface area contributed by atoms with Crippen molar-refractivity contribution in [3.8, 4) is 5.75 Å². The number of carbonyl (C=O) groups is 1. The van der Waals surface area contributed by atoms with Gasteiger partial charge in [0.25, 0.3) is 0 Å². The van der Waals surface area contributed by atoms with Gasteiger partial charge >= 0.3 is 5.97 Å². The molecule has 0 spiro atoms. The lowest BCUT2D eigenvalue weighted by Gasteiger charge is -2.27. The molecule has 0 bridgehead atoms. The zero-order chi connectivity index (χ0) is 12.5. The van der Waals surface area contributed by atoms with Crippen molar-refractivity contribution in [1.82, 2.24) is 0 Å². The summed E-state index contributed by atoms with van der Waals surface area (Å²) >= 11 is 0. The largest absolute Gasteiger partial charge is 0.497 e. The second-order valence-corrected chi connectivity index (χ2v) is 4.58. The molecule has 0 aliphatic heterocycles. The molecule has 0 radical (unpaired) electrons. The molecule has 4 nitrogen and oxygen atoms in total. The Morgan fingerprint density at radius 1 is 1.59 bits per heavy atom. The zero-order valence-corrected chi connectivity index (χ0v) is 9.90. The Morgan fingerprint density at radius 3 is 2.94 bits per heavy atom. The van der Waals surface area contributed by atoms with E-state index in [4.69, 9.17) is 15.6 Å². The standard InChI is InChI=1S/C13H17NO3/c1-17-10-3-2-9-4-5-13(8-14,7-12(15)16)11(9)6-10/h2-3,6H,4-5,7-8,14H2,1H3,(H,15,16). The lowest BCUT2D eigenvalue weighted by molar-refractivity contribution is -0.138. The Bertz CT molecular complexity index is 444. The van der Waals surface area contributed by atoms with Crippen molar-refractivity contribution in [2.45, 2.75) is 24.7 Å². The van der Waals surface area contributed by atoms with Crippen LogP contribution in [0.1, 0.15) is 24.0 Å². The van der Waals surface area contributed by atoms with Gasteiger partial charge in [-0.05, 0) is 36.1 Å². The number of ether oxygens (including phenoxy) is 1. The first-order valence-electron chi connectivity index (χ1n) is 5.70. The Labute approximate surface area is 100 Å². The van der Waals surface area contributed by atoms with E-state index < -0.39 is 11.4 Å². The van der Waals surface area contributed by atoms with Gasteiger partial charge in [-0.2, -0.15) is 0 Å². The third kappa shape index (κ3) is 2.00. The highest BCUT2D eigenvalue weighted by molar-refractivity contribution is 5.70. The number of methoxy groups -OCH3 is 1. The van der Waals surface area contributed by atoms with Crippen molar-refractivity contribution in [3.63, 3.8) is 0 Å². The molecule has 0 heterocycles. The normalized spacial score (nSPS) is 22.2. The molecule has 1 aliphatic rings. The van der Waals surface area contributed by atoms with Crippen LogP contribution in [0.4, 0.5) is 0 Å². The fraction of sp³-hybridized carbons (Fsp3) is 0.462. The van der Waals surface area contributed by atoms with Crippen molar-refractivity contribution < 1.29 is 14.6 Å². The number of carboxylic acid groups (broad SMARTS) is 1. The van der Waals surface area contributed by atoms with Crippen LogP contribution in [0, 0.1) is 0 Å². The van der Waals surface area contributed by atoms with Crippen LogP contribution in [-0.4, -0.2) is 24.7 Å². The summed E-state index contributed by atoms with van der Waals surface area (Å²) < 4.78 is 5.19. The average molecular weight is 235 g/mol. The molecule has 1 unspecified atom stereocenters. The number of aliphatic carboxylic acids is 1. The van der Waals surface area contributed by atoms with E-state index in [9.17, 15) is 4.79 Å². The van der Waals surface area contributed by atoms with Crippen LogP contribution in [-0.2, 0) is 16.6 Å². The molecule has 0 amide bonds. The first-order chi connectivity index (χ1) is 8.11. The van der Waals surface area contributed by atoms with Gasteiger partial charge in [0.15, 0.2) is 0 Å². The summed E-state index contributed by atoms with van der Waals surface area (Å²) in [6, 6.07) is 5.84. The van der Waals surface area contributed by atoms with E-state index >= 15 is 0 Å². The van der Waals surface area contributed by atoms with Crippen molar-refractivity contribution in [3.05, 3.63) is 29.3 Å². The lowest BCUT2D eigenvalue weighted by Crippen LogP contribution is -2.35. The number of rotatable bonds is 4. The minimum absolute atomic E-state index is 0.0870. The summed E-state index contributed by atoms with van der Waals surface area (Å²) in [5, 5.41) is 9.04. The van der Waals surface area contributed by atoms with Gasteiger partial charge in [0.2, 0.25) is 0 Å². The molecule has 17 heavy (non-hydrogen) atoms. The topological polar surface area (TPSA) is 72.5 Å². The van der Waals surface area contributed by atoms with Crippen LogP contribution in [0.3, 0.4) is 0 Å². The van der Waals surface area contributed by atoms with E-state index in [1.807, 2.05) is 18.2 Å². The van der Waals surface area contributed by atoms with Crippen LogP contribution < -0.4 is 10.5 Å². The minimum atomic E-state index is -0.800. The van der Waals surface area contributed by atoms with Gasteiger partial charge in [0.1, 0.15) is 5.75 Å². The van der Waals surface area contributed by atoms with E-state index in [0.29, 0.717) is 6.54 Å². The molecular weight excluding hydrogens is 218 g/mol. The number of aryl methyl sites for hydroxylation is 1. The van der Waals surface area contributed by atoms with Crippen LogP contribution in [0.15, 0.2) is 18.2 Å². The lowest BCUT2D eigenvalue weighted by atomic mass is 9.79. The minimum Gasteiger partial charge on any atom is -0.497 e. The maximum atomic E-state index is 11.0. The molecule has 0 aromatic heterocycles. The second-order valence-electron chi connectivity index (χ2n) is 4.58. The number of carboxylic acids is 1. The fourth-order valence-corrected chi connectivity index (χ4v) is 2.66. The molecule has 1 aromatic carbocycles. The van der Waals surface area contributed by atoms with Gasteiger partial charge in [0, 0.05) is 12.0 Å². The molecule has 0 saturated heterocycles. The summed E-state index contributed by atoms with van der Waals surface area (Å²) in [6.45, 7) is 0.361. The summed E-state index contributed by atoms with van der Waals surface area (Å²) in [4.78, 5) is 11.0. The Balaban J connectivity index is 2.44. The molecule has 92 valence electrons. The zero-order valence-electron chi connectivity index (χ0n) is 9.90. The number of nitrogens with two attached hydrogens (primary N) is 1. The Hall–Kier alpha value is -1.55. The number of fused-ring (bicyclic) bond motifs is 1. The molecule has 4 heteroatoms. The molecule has 0 fully saturated rings.